The Labute approximate surface area is 195 Å². The Bertz CT molecular complexity index is 1160. The van der Waals surface area contributed by atoms with Gasteiger partial charge in [-0.05, 0) is 51.7 Å². The molecule has 182 valence electrons. The molecule has 4 heterocycles. The van der Waals surface area contributed by atoms with Crippen LogP contribution >= 0.6 is 0 Å². The number of ether oxygens (including phenoxy) is 5. The molecule has 34 heavy (non-hydrogen) atoms. The van der Waals surface area contributed by atoms with Crippen LogP contribution < -0.4 is 5.73 Å². The van der Waals surface area contributed by atoms with E-state index in [1.807, 2.05) is 6.92 Å². The van der Waals surface area contributed by atoms with Gasteiger partial charge in [-0.15, -0.1) is 0 Å². The topological polar surface area (TPSA) is 136 Å². The Morgan fingerprint density at radius 2 is 1.91 bits per heavy atom. The highest BCUT2D eigenvalue weighted by Crippen LogP contribution is 2.65. The van der Waals surface area contributed by atoms with Crippen molar-refractivity contribution >= 4 is 23.6 Å². The van der Waals surface area contributed by atoms with Crippen LogP contribution in [0.5, 0.6) is 0 Å². The van der Waals surface area contributed by atoms with Crippen LogP contribution in [0.3, 0.4) is 0 Å². The summed E-state index contributed by atoms with van der Waals surface area (Å²) in [7, 11) is 0. The maximum absolute atomic E-state index is 12.7. The number of nitrogens with zero attached hydrogens (tertiary/aromatic N) is 3. The van der Waals surface area contributed by atoms with E-state index in [2.05, 4.69) is 10.1 Å². The molecule has 2 aromatic rings. The summed E-state index contributed by atoms with van der Waals surface area (Å²) >= 11 is 0. The molecule has 1 spiro atoms. The molecule has 2 aliphatic carbocycles. The molecule has 2 N–H and O–H groups in total. The average molecular weight is 472 g/mol. The second-order valence-corrected chi connectivity index (χ2v) is 10.1. The summed E-state index contributed by atoms with van der Waals surface area (Å²) in [6.45, 7) is 3.74. The highest BCUT2D eigenvalue weighted by molar-refractivity contribution is 5.70. The number of nitrogens with two attached hydrogens (primary N) is 1. The molecular weight excluding hydrogens is 444 g/mol. The molecule has 1 unspecified atom stereocenters. The summed E-state index contributed by atoms with van der Waals surface area (Å²) in [4.78, 5) is 29.0. The van der Waals surface area contributed by atoms with Gasteiger partial charge in [-0.2, -0.15) is 5.10 Å². The predicted molar refractivity (Wildman–Crippen MR) is 116 cm³/mol. The van der Waals surface area contributed by atoms with E-state index in [0.29, 0.717) is 17.0 Å². The number of rotatable bonds is 3. The minimum absolute atomic E-state index is 0.314. The molecule has 2 aromatic heterocycles. The molecule has 4 aliphatic rings. The van der Waals surface area contributed by atoms with E-state index in [9.17, 15) is 9.59 Å². The van der Waals surface area contributed by atoms with Gasteiger partial charge in [0.25, 0.3) is 0 Å². The van der Waals surface area contributed by atoms with E-state index >= 15 is 0 Å². The van der Waals surface area contributed by atoms with Gasteiger partial charge in [0.05, 0.1) is 5.69 Å². The highest BCUT2D eigenvalue weighted by atomic mass is 16.8. The lowest BCUT2D eigenvalue weighted by molar-refractivity contribution is -0.113. The fraction of sp³-hybridized carbons (Fsp3) is 0.652. The smallest absolute Gasteiger partial charge is 0.428 e. The van der Waals surface area contributed by atoms with E-state index < -0.39 is 47.4 Å². The van der Waals surface area contributed by atoms with E-state index in [1.54, 1.807) is 23.6 Å². The second-order valence-electron chi connectivity index (χ2n) is 10.1. The van der Waals surface area contributed by atoms with Crippen molar-refractivity contribution in [3.63, 3.8) is 0 Å². The van der Waals surface area contributed by atoms with Crippen molar-refractivity contribution < 1.29 is 33.3 Å². The zero-order chi connectivity index (χ0) is 23.7. The first kappa shape index (κ1) is 21.5. The summed E-state index contributed by atoms with van der Waals surface area (Å²) in [6, 6.07) is 3.57. The third-order valence-electron chi connectivity index (χ3n) is 7.77. The number of hydrogen-bond acceptors (Lipinski definition) is 10. The van der Waals surface area contributed by atoms with Gasteiger partial charge in [-0.3, -0.25) is 0 Å². The zero-order valence-corrected chi connectivity index (χ0v) is 19.2. The third kappa shape index (κ3) is 2.98. The first-order chi connectivity index (χ1) is 16.3. The Hall–Kier alpha value is -3.08. The highest BCUT2D eigenvalue weighted by Gasteiger charge is 2.90. The lowest BCUT2D eigenvalue weighted by Gasteiger charge is -2.32. The van der Waals surface area contributed by atoms with Crippen molar-refractivity contribution in [2.45, 2.75) is 93.9 Å². The van der Waals surface area contributed by atoms with Crippen molar-refractivity contribution in [3.05, 3.63) is 24.2 Å². The minimum atomic E-state index is -1.23. The molecule has 2 saturated heterocycles. The molecule has 0 amide bonds. The Morgan fingerprint density at radius 3 is 2.68 bits per heavy atom. The van der Waals surface area contributed by atoms with Crippen molar-refractivity contribution in [2.75, 3.05) is 5.73 Å². The van der Waals surface area contributed by atoms with Crippen LogP contribution in [-0.4, -0.2) is 56.4 Å². The molecule has 0 radical (unpaired) electrons. The van der Waals surface area contributed by atoms with Gasteiger partial charge in [0.1, 0.15) is 29.2 Å². The normalized spacial score (nSPS) is 35.9. The standard InChI is InChI=1S/C23H28N4O7/c1-21(10-6-4-3-5-7-11-21)33-19(28)30-15-16-23(15)18(31-20(29)34-23)22(2,32-16)14-9-8-13-17(24)25-12-26-27(13)14/h8-9,12,15-16,18H,3-7,10-11H2,1-2H3,(H2,24,25,26)/t15?,16-,18+,22+,23-/m1/s1. The molecule has 5 atom stereocenters. The molecule has 0 bridgehead atoms. The monoisotopic (exact) mass is 472 g/mol. The number of anilines is 1. The summed E-state index contributed by atoms with van der Waals surface area (Å²) in [5.41, 5.74) is 4.29. The van der Waals surface area contributed by atoms with Crippen LogP contribution in [0.15, 0.2) is 18.5 Å². The molecule has 6 rings (SSSR count). The van der Waals surface area contributed by atoms with Crippen LogP contribution in [-0.2, 0) is 29.3 Å². The number of fused-ring (bicyclic) bond motifs is 1. The van der Waals surface area contributed by atoms with Crippen molar-refractivity contribution in [1.82, 2.24) is 14.6 Å². The van der Waals surface area contributed by atoms with Crippen molar-refractivity contribution in [1.29, 1.82) is 0 Å². The first-order valence-electron chi connectivity index (χ1n) is 11.8. The number of hydrogen-bond donors (Lipinski definition) is 1. The minimum Gasteiger partial charge on any atom is -0.428 e. The summed E-state index contributed by atoms with van der Waals surface area (Å²) < 4.78 is 30.5. The van der Waals surface area contributed by atoms with Crippen molar-refractivity contribution in [2.24, 2.45) is 0 Å². The fourth-order valence-corrected chi connectivity index (χ4v) is 5.93. The Kier molecular flexibility index (Phi) is 4.55. The van der Waals surface area contributed by atoms with Gasteiger partial charge in [0.15, 0.2) is 18.0 Å². The van der Waals surface area contributed by atoms with Crippen LogP contribution in [0.1, 0.15) is 64.5 Å². The molecule has 2 aliphatic heterocycles. The number of nitrogen functional groups attached to an aromatic ring is 1. The Balaban J connectivity index is 1.22. The van der Waals surface area contributed by atoms with E-state index in [1.165, 1.54) is 12.7 Å². The van der Waals surface area contributed by atoms with E-state index in [4.69, 9.17) is 29.4 Å². The van der Waals surface area contributed by atoms with Gasteiger partial charge in [-0.1, -0.05) is 19.3 Å². The summed E-state index contributed by atoms with van der Waals surface area (Å²) in [5.74, 6) is 0.314. The molecule has 0 aromatic carbocycles. The SMILES string of the molecule is CC1(OC(=O)OC2[C@H]3O[C@@](C)(c4ccc5c(N)ncnn45)[C@@H]4OC(=O)O[C@]234)CCCCCCC1. The maximum atomic E-state index is 12.7. The largest absolute Gasteiger partial charge is 0.509 e. The molecule has 4 fully saturated rings. The maximum Gasteiger partial charge on any atom is 0.509 e. The number of carbonyl (C=O) groups excluding carboxylic acids is 2. The van der Waals surface area contributed by atoms with Gasteiger partial charge in [0, 0.05) is 0 Å². The fourth-order valence-electron chi connectivity index (χ4n) is 5.93. The van der Waals surface area contributed by atoms with E-state index in [-0.39, 0.29) is 0 Å². The number of carbonyl (C=O) groups is 2. The first-order valence-corrected chi connectivity index (χ1v) is 11.8. The van der Waals surface area contributed by atoms with Crippen LogP contribution in [0.4, 0.5) is 15.4 Å². The molecule has 2 saturated carbocycles. The molecule has 11 nitrogen and oxygen atoms in total. The van der Waals surface area contributed by atoms with Gasteiger partial charge < -0.3 is 29.4 Å². The average Bonchev–Trinajstić information content (AvgIpc) is 3.15. The summed E-state index contributed by atoms with van der Waals surface area (Å²) in [6.07, 6.45) is 4.48. The van der Waals surface area contributed by atoms with Crippen LogP contribution in [0.25, 0.3) is 5.52 Å². The third-order valence-corrected chi connectivity index (χ3v) is 7.77. The lowest BCUT2D eigenvalue weighted by atomic mass is 9.88. The van der Waals surface area contributed by atoms with E-state index in [0.717, 1.165) is 38.5 Å². The number of aromatic nitrogens is 3. The zero-order valence-electron chi connectivity index (χ0n) is 19.2. The Morgan fingerprint density at radius 1 is 1.18 bits per heavy atom. The lowest BCUT2D eigenvalue weighted by Crippen LogP contribution is -2.45. The van der Waals surface area contributed by atoms with Gasteiger partial charge >= 0.3 is 12.3 Å². The van der Waals surface area contributed by atoms with Crippen molar-refractivity contribution in [3.8, 4) is 0 Å². The quantitative estimate of drug-likeness (QED) is 0.663. The van der Waals surface area contributed by atoms with Crippen LogP contribution in [0.2, 0.25) is 0 Å². The van der Waals surface area contributed by atoms with Gasteiger partial charge in [0.2, 0.25) is 5.60 Å². The van der Waals surface area contributed by atoms with Crippen LogP contribution in [0, 0.1) is 0 Å². The molecular formula is C23H28N4O7. The second kappa shape index (κ2) is 7.21. The molecule has 11 heteroatoms. The predicted octanol–water partition coefficient (Wildman–Crippen LogP) is 3.24. The summed E-state index contributed by atoms with van der Waals surface area (Å²) in [5, 5.41) is 4.28. The van der Waals surface area contributed by atoms with Gasteiger partial charge in [-0.25, -0.2) is 19.1 Å².